The Morgan fingerprint density at radius 1 is 1.14 bits per heavy atom. The van der Waals surface area contributed by atoms with Gasteiger partial charge in [0.1, 0.15) is 0 Å². The summed E-state index contributed by atoms with van der Waals surface area (Å²) >= 11 is 0. The predicted octanol–water partition coefficient (Wildman–Crippen LogP) is 1.02. The highest BCUT2D eigenvalue weighted by Gasteiger charge is 2.48. The number of cyclic esters (lactones) is 2. The van der Waals surface area contributed by atoms with Crippen LogP contribution in [0.3, 0.4) is 0 Å². The van der Waals surface area contributed by atoms with Crippen molar-refractivity contribution in [2.45, 2.75) is 51.7 Å². The van der Waals surface area contributed by atoms with Gasteiger partial charge in [0.15, 0.2) is 5.60 Å². The summed E-state index contributed by atoms with van der Waals surface area (Å²) in [5.74, 6) is -1.56. The van der Waals surface area contributed by atoms with E-state index in [4.69, 9.17) is 13.3 Å². The van der Waals surface area contributed by atoms with Crippen LogP contribution in [0, 0.1) is 0 Å². The van der Waals surface area contributed by atoms with Crippen LogP contribution in [0.1, 0.15) is 40.0 Å². The molecule has 8 heteroatoms. The van der Waals surface area contributed by atoms with E-state index in [9.17, 15) is 14.7 Å². The average Bonchev–Trinajstić information content (AvgIpc) is 2.64. The first-order valence-electron chi connectivity index (χ1n) is 7.30. The number of esters is 2. The molecule has 0 aliphatic carbocycles. The highest BCUT2D eigenvalue weighted by Crippen LogP contribution is 2.29. The maximum atomic E-state index is 11.5. The molecular formula is C13H24O7Si. The first kappa shape index (κ1) is 18.2. The summed E-state index contributed by atoms with van der Waals surface area (Å²) in [6.07, 6.45) is 0.281. The molecule has 1 unspecified atom stereocenters. The fraction of sp³-hybridized carbons (Fsp3) is 0.846. The van der Waals surface area contributed by atoms with Crippen LogP contribution in [0.5, 0.6) is 0 Å². The van der Waals surface area contributed by atoms with Gasteiger partial charge >= 0.3 is 20.7 Å². The molecule has 1 saturated heterocycles. The highest BCUT2D eigenvalue weighted by atomic mass is 28.4. The molecule has 1 aliphatic heterocycles. The maximum Gasteiger partial charge on any atom is 0.500 e. The lowest BCUT2D eigenvalue weighted by molar-refractivity contribution is -0.159. The molecule has 1 aliphatic rings. The molecule has 0 bridgehead atoms. The topological polar surface area (TPSA) is 91.3 Å². The van der Waals surface area contributed by atoms with E-state index >= 15 is 0 Å². The highest BCUT2D eigenvalue weighted by molar-refractivity contribution is 6.60. The van der Waals surface area contributed by atoms with Gasteiger partial charge in [-0.25, -0.2) is 4.79 Å². The van der Waals surface area contributed by atoms with Crippen molar-refractivity contribution in [3.63, 3.8) is 0 Å². The number of hydrogen-bond acceptors (Lipinski definition) is 7. The second kappa shape index (κ2) is 8.00. The van der Waals surface area contributed by atoms with Gasteiger partial charge in [0.2, 0.25) is 0 Å². The Morgan fingerprint density at radius 2 is 1.67 bits per heavy atom. The molecule has 0 aromatic heterocycles. The second-order valence-electron chi connectivity index (χ2n) is 4.81. The Bertz CT molecular complexity index is 357. The van der Waals surface area contributed by atoms with E-state index < -0.39 is 26.3 Å². The fourth-order valence-electron chi connectivity index (χ4n) is 2.33. The molecule has 0 amide bonds. The standard InChI is InChI=1S/C13H24O7Si/c1-4-17-21(18-5-2,19-6-3)9-7-8-13(16)10-11(14)20-12(13)15/h16H,4-10H2,1-3H3. The van der Waals surface area contributed by atoms with E-state index in [1.165, 1.54) is 0 Å². The van der Waals surface area contributed by atoms with Crippen molar-refractivity contribution in [1.82, 2.24) is 0 Å². The molecule has 1 heterocycles. The molecule has 21 heavy (non-hydrogen) atoms. The molecule has 0 aromatic carbocycles. The first-order chi connectivity index (χ1) is 9.91. The molecule has 0 spiro atoms. The van der Waals surface area contributed by atoms with Crippen LogP contribution in [0.4, 0.5) is 0 Å². The molecule has 1 fully saturated rings. The molecule has 1 rings (SSSR count). The van der Waals surface area contributed by atoms with E-state index in [1.54, 1.807) is 0 Å². The van der Waals surface area contributed by atoms with Crippen LogP contribution in [0.25, 0.3) is 0 Å². The van der Waals surface area contributed by atoms with Gasteiger partial charge in [-0.2, -0.15) is 0 Å². The van der Waals surface area contributed by atoms with E-state index in [0.717, 1.165) is 0 Å². The summed E-state index contributed by atoms with van der Waals surface area (Å²) in [5, 5.41) is 10.1. The van der Waals surface area contributed by atoms with Crippen molar-refractivity contribution in [3.8, 4) is 0 Å². The van der Waals surface area contributed by atoms with Gasteiger partial charge < -0.3 is 23.1 Å². The lowest BCUT2D eigenvalue weighted by Crippen LogP contribution is -2.46. The summed E-state index contributed by atoms with van der Waals surface area (Å²) in [6.45, 7) is 6.99. The largest absolute Gasteiger partial charge is 0.500 e. The number of carbonyl (C=O) groups excluding carboxylic acids is 2. The van der Waals surface area contributed by atoms with Crippen LogP contribution in [0.15, 0.2) is 0 Å². The Kier molecular flexibility index (Phi) is 6.95. The minimum Gasteiger partial charge on any atom is -0.391 e. The summed E-state index contributed by atoms with van der Waals surface area (Å²) < 4.78 is 21.4. The van der Waals surface area contributed by atoms with Gasteiger partial charge in [0.25, 0.3) is 0 Å². The van der Waals surface area contributed by atoms with E-state index in [2.05, 4.69) is 4.74 Å². The van der Waals surface area contributed by atoms with E-state index in [1.807, 2.05) is 20.8 Å². The van der Waals surface area contributed by atoms with Crippen LogP contribution in [0.2, 0.25) is 6.04 Å². The summed E-state index contributed by atoms with van der Waals surface area (Å²) in [5.41, 5.74) is -1.72. The second-order valence-corrected chi connectivity index (χ2v) is 7.54. The van der Waals surface area contributed by atoms with Crippen LogP contribution >= 0.6 is 0 Å². The van der Waals surface area contributed by atoms with Crippen molar-refractivity contribution in [2.75, 3.05) is 19.8 Å². The average molecular weight is 320 g/mol. The van der Waals surface area contributed by atoms with Gasteiger partial charge in [0, 0.05) is 25.9 Å². The molecular weight excluding hydrogens is 296 g/mol. The van der Waals surface area contributed by atoms with Crippen molar-refractivity contribution in [1.29, 1.82) is 0 Å². The normalized spacial score (nSPS) is 22.7. The smallest absolute Gasteiger partial charge is 0.391 e. The SMILES string of the molecule is CCO[Si](CCCC1(O)CC(=O)OC1=O)(OCC)OCC. The zero-order chi connectivity index (χ0) is 15.9. The monoisotopic (exact) mass is 320 g/mol. The Morgan fingerprint density at radius 3 is 2.05 bits per heavy atom. The molecule has 0 radical (unpaired) electrons. The van der Waals surface area contributed by atoms with Gasteiger partial charge in [-0.15, -0.1) is 0 Å². The van der Waals surface area contributed by atoms with Crippen LogP contribution in [-0.2, 0) is 27.6 Å². The number of rotatable bonds is 10. The van der Waals surface area contributed by atoms with Gasteiger partial charge in [-0.3, -0.25) is 4.79 Å². The third-order valence-corrected chi connectivity index (χ3v) is 6.34. The van der Waals surface area contributed by atoms with E-state index in [0.29, 0.717) is 32.3 Å². The van der Waals surface area contributed by atoms with Crippen molar-refractivity contribution >= 4 is 20.7 Å². The first-order valence-corrected chi connectivity index (χ1v) is 9.24. The predicted molar refractivity (Wildman–Crippen MR) is 75.3 cm³/mol. The minimum absolute atomic E-state index is 0.125. The summed E-state index contributed by atoms with van der Waals surface area (Å²) in [7, 11) is -2.79. The third kappa shape index (κ3) is 4.85. The van der Waals surface area contributed by atoms with Crippen molar-refractivity contribution in [3.05, 3.63) is 0 Å². The molecule has 7 nitrogen and oxygen atoms in total. The number of ether oxygens (including phenoxy) is 1. The van der Waals surface area contributed by atoms with Crippen molar-refractivity contribution < 1.29 is 32.7 Å². The number of aliphatic hydroxyl groups is 1. The Labute approximate surface area is 125 Å². The Balaban J connectivity index is 2.60. The zero-order valence-corrected chi connectivity index (χ0v) is 13.8. The Hall–Kier alpha value is -0.803. The van der Waals surface area contributed by atoms with Gasteiger partial charge in [-0.1, -0.05) is 0 Å². The molecule has 1 atom stereocenters. The minimum atomic E-state index is -2.79. The number of hydrogen-bond donors (Lipinski definition) is 1. The molecule has 0 aromatic rings. The molecule has 0 saturated carbocycles. The van der Waals surface area contributed by atoms with Crippen LogP contribution in [-0.4, -0.2) is 51.3 Å². The molecule has 1 N–H and O–H groups in total. The third-order valence-electron chi connectivity index (χ3n) is 3.19. The summed E-state index contributed by atoms with van der Waals surface area (Å²) in [4.78, 5) is 22.5. The fourth-order valence-corrected chi connectivity index (χ4v) is 4.95. The lowest BCUT2D eigenvalue weighted by Gasteiger charge is -2.29. The van der Waals surface area contributed by atoms with E-state index in [-0.39, 0.29) is 12.8 Å². The molecule has 122 valence electrons. The maximum absolute atomic E-state index is 11.5. The quantitative estimate of drug-likeness (QED) is 0.365. The number of carbonyl (C=O) groups is 2. The summed E-state index contributed by atoms with van der Waals surface area (Å²) in [6, 6.07) is 0.478. The van der Waals surface area contributed by atoms with Gasteiger partial charge in [0.05, 0.1) is 6.42 Å². The van der Waals surface area contributed by atoms with Gasteiger partial charge in [-0.05, 0) is 33.6 Å². The zero-order valence-electron chi connectivity index (χ0n) is 12.8. The lowest BCUT2D eigenvalue weighted by atomic mass is 9.97. The van der Waals surface area contributed by atoms with Crippen LogP contribution < -0.4 is 0 Å². The van der Waals surface area contributed by atoms with Crippen molar-refractivity contribution in [2.24, 2.45) is 0 Å².